The van der Waals surface area contributed by atoms with Crippen LogP contribution >= 0.6 is 0 Å². The second kappa shape index (κ2) is 6.96. The Bertz CT molecular complexity index is 690. The number of carbonyl (C=O) groups is 1. The number of β-amino-alcohol motifs (C(OH)–C–C–N with tert-alkyl or cyclic N) is 1. The van der Waals surface area contributed by atoms with Crippen LogP contribution < -0.4 is 10.2 Å². The number of rotatable bonds is 6. The summed E-state index contributed by atoms with van der Waals surface area (Å²) in [5, 5.41) is 17.2. The van der Waals surface area contributed by atoms with E-state index in [9.17, 15) is 9.90 Å². The molecule has 0 aromatic carbocycles. The summed E-state index contributed by atoms with van der Waals surface area (Å²) in [6.07, 6.45) is 7.11. The molecule has 0 bridgehead atoms. The maximum atomic E-state index is 12.1. The van der Waals surface area contributed by atoms with Crippen LogP contribution in [0, 0.1) is 0 Å². The zero-order chi connectivity index (χ0) is 17.0. The third-order valence-corrected chi connectivity index (χ3v) is 4.07. The van der Waals surface area contributed by atoms with Crippen LogP contribution in [-0.2, 0) is 6.42 Å². The Morgan fingerprint density at radius 3 is 3.12 bits per heavy atom. The largest absolute Gasteiger partial charge is 0.386 e. The fourth-order valence-electron chi connectivity index (χ4n) is 2.77. The lowest BCUT2D eigenvalue weighted by Crippen LogP contribution is -2.45. The van der Waals surface area contributed by atoms with E-state index in [0.717, 1.165) is 18.7 Å². The molecule has 0 spiro atoms. The molecule has 8 nitrogen and oxygen atoms in total. The predicted octanol–water partition coefficient (Wildman–Crippen LogP) is 0.788. The number of nitrogens with zero attached hydrogens (tertiary/aromatic N) is 4. The second-order valence-electron chi connectivity index (χ2n) is 6.07. The Morgan fingerprint density at radius 2 is 2.38 bits per heavy atom. The summed E-state index contributed by atoms with van der Waals surface area (Å²) in [4.78, 5) is 22.4. The van der Waals surface area contributed by atoms with Gasteiger partial charge in [-0.15, -0.1) is 0 Å². The molecule has 1 aliphatic rings. The first kappa shape index (κ1) is 16.4. The van der Waals surface area contributed by atoms with E-state index in [0.29, 0.717) is 25.3 Å². The van der Waals surface area contributed by atoms with Crippen molar-refractivity contribution < 1.29 is 14.4 Å². The second-order valence-corrected chi connectivity index (χ2v) is 6.07. The number of carbonyl (C=O) groups excluding carboxylic acids is 1. The van der Waals surface area contributed by atoms with Gasteiger partial charge >= 0.3 is 0 Å². The van der Waals surface area contributed by atoms with Crippen molar-refractivity contribution >= 4 is 11.7 Å². The smallest absolute Gasteiger partial charge is 0.273 e. The number of aromatic nitrogens is 3. The van der Waals surface area contributed by atoms with Gasteiger partial charge in [0, 0.05) is 44.5 Å². The summed E-state index contributed by atoms with van der Waals surface area (Å²) in [6.45, 7) is 3.24. The van der Waals surface area contributed by atoms with Gasteiger partial charge in [-0.2, -0.15) is 0 Å². The van der Waals surface area contributed by atoms with Crippen LogP contribution in [0.15, 0.2) is 29.2 Å². The summed E-state index contributed by atoms with van der Waals surface area (Å²) in [6, 6.07) is 1.64. The quantitative estimate of drug-likeness (QED) is 0.806. The Hall–Kier alpha value is -2.48. The van der Waals surface area contributed by atoms with Gasteiger partial charge in [0.15, 0.2) is 5.69 Å². The highest BCUT2D eigenvalue weighted by Crippen LogP contribution is 2.24. The molecule has 8 heteroatoms. The zero-order valence-corrected chi connectivity index (χ0v) is 13.6. The molecule has 0 radical (unpaired) electrons. The van der Waals surface area contributed by atoms with Crippen molar-refractivity contribution in [3.05, 3.63) is 36.1 Å². The normalized spacial score (nSPS) is 20.3. The number of anilines is 1. The van der Waals surface area contributed by atoms with Gasteiger partial charge in [0.05, 0.1) is 6.20 Å². The highest BCUT2D eigenvalue weighted by molar-refractivity contribution is 5.92. The lowest BCUT2D eigenvalue weighted by atomic mass is 10.0. The van der Waals surface area contributed by atoms with Gasteiger partial charge in [-0.1, -0.05) is 12.1 Å². The van der Waals surface area contributed by atoms with Crippen molar-refractivity contribution in [2.24, 2.45) is 0 Å². The van der Waals surface area contributed by atoms with E-state index in [1.54, 1.807) is 24.7 Å². The van der Waals surface area contributed by atoms with Crippen LogP contribution in [-0.4, -0.2) is 51.4 Å². The number of hydrogen-bond acceptors (Lipinski definition) is 7. The number of nitrogens with one attached hydrogen (secondary N) is 1. The van der Waals surface area contributed by atoms with E-state index in [-0.39, 0.29) is 18.1 Å². The molecule has 1 atom stereocenters. The van der Waals surface area contributed by atoms with Crippen molar-refractivity contribution in [2.75, 3.05) is 24.5 Å². The van der Waals surface area contributed by atoms with E-state index >= 15 is 0 Å². The summed E-state index contributed by atoms with van der Waals surface area (Å²) < 4.78 is 5.10. The SMILES string of the molecule is CCCc1cc(C(=O)NC[C@]2(O)CCN(c3cnccn3)C2)no1. The lowest BCUT2D eigenvalue weighted by molar-refractivity contribution is 0.0572. The Balaban J connectivity index is 1.55. The van der Waals surface area contributed by atoms with Crippen LogP contribution in [0.1, 0.15) is 36.0 Å². The standard InChI is InChI=1S/C16H21N5O3/c1-2-3-12-8-13(20-24-12)15(22)19-10-16(23)4-7-21(11-16)14-9-17-5-6-18-14/h5-6,8-9,23H,2-4,7,10-11H2,1H3,(H,19,22)/t16-/m1/s1. The molecule has 0 unspecified atom stereocenters. The van der Waals surface area contributed by atoms with Crippen molar-refractivity contribution in [2.45, 2.75) is 31.8 Å². The van der Waals surface area contributed by atoms with Gasteiger partial charge in [0.1, 0.15) is 17.2 Å². The topological polar surface area (TPSA) is 104 Å². The summed E-state index contributed by atoms with van der Waals surface area (Å²) in [5.74, 6) is 1.07. The zero-order valence-electron chi connectivity index (χ0n) is 13.6. The maximum absolute atomic E-state index is 12.1. The summed E-state index contributed by atoms with van der Waals surface area (Å²) in [5.41, 5.74) is -0.755. The monoisotopic (exact) mass is 331 g/mol. The fraction of sp³-hybridized carbons (Fsp3) is 0.500. The molecule has 0 saturated carbocycles. The van der Waals surface area contributed by atoms with Gasteiger partial charge in [-0.3, -0.25) is 9.78 Å². The van der Waals surface area contributed by atoms with Gasteiger partial charge in [-0.25, -0.2) is 4.98 Å². The number of hydrogen-bond donors (Lipinski definition) is 2. The minimum absolute atomic E-state index is 0.151. The number of aliphatic hydroxyl groups is 1. The molecule has 1 saturated heterocycles. The van der Waals surface area contributed by atoms with Crippen LogP contribution in [0.2, 0.25) is 0 Å². The Kier molecular flexibility index (Phi) is 4.75. The third-order valence-electron chi connectivity index (χ3n) is 4.07. The van der Waals surface area contributed by atoms with Gasteiger partial charge in [0.25, 0.3) is 5.91 Å². The Morgan fingerprint density at radius 1 is 1.50 bits per heavy atom. The molecule has 2 N–H and O–H groups in total. The van der Waals surface area contributed by atoms with Crippen molar-refractivity contribution in [1.82, 2.24) is 20.4 Å². The first-order valence-electron chi connectivity index (χ1n) is 8.07. The molecule has 3 heterocycles. The van der Waals surface area contributed by atoms with Gasteiger partial charge in [0.2, 0.25) is 0 Å². The van der Waals surface area contributed by atoms with Gasteiger partial charge < -0.3 is 19.8 Å². The van der Waals surface area contributed by atoms with E-state index in [2.05, 4.69) is 20.4 Å². The molecular weight excluding hydrogens is 310 g/mol. The van der Waals surface area contributed by atoms with Crippen molar-refractivity contribution in [3.63, 3.8) is 0 Å². The average molecular weight is 331 g/mol. The van der Waals surface area contributed by atoms with Crippen LogP contribution in [0.3, 0.4) is 0 Å². The molecule has 1 amide bonds. The molecule has 3 rings (SSSR count). The summed E-state index contributed by atoms with van der Waals surface area (Å²) in [7, 11) is 0. The molecular formula is C16H21N5O3. The van der Waals surface area contributed by atoms with Crippen molar-refractivity contribution in [3.8, 4) is 0 Å². The molecule has 1 fully saturated rings. The van der Waals surface area contributed by atoms with Gasteiger partial charge in [-0.05, 0) is 12.8 Å². The number of aryl methyl sites for hydroxylation is 1. The first-order valence-corrected chi connectivity index (χ1v) is 8.07. The van der Waals surface area contributed by atoms with E-state index < -0.39 is 5.60 Å². The molecule has 1 aliphatic heterocycles. The van der Waals surface area contributed by atoms with Crippen LogP contribution in [0.4, 0.5) is 5.82 Å². The van der Waals surface area contributed by atoms with E-state index in [4.69, 9.17) is 4.52 Å². The molecule has 128 valence electrons. The average Bonchev–Trinajstić information content (AvgIpc) is 3.22. The van der Waals surface area contributed by atoms with Crippen LogP contribution in [0.5, 0.6) is 0 Å². The maximum Gasteiger partial charge on any atom is 0.273 e. The Labute approximate surface area is 139 Å². The highest BCUT2D eigenvalue weighted by Gasteiger charge is 2.37. The van der Waals surface area contributed by atoms with Crippen molar-refractivity contribution in [1.29, 1.82) is 0 Å². The van der Waals surface area contributed by atoms with Crippen LogP contribution in [0.25, 0.3) is 0 Å². The predicted molar refractivity (Wildman–Crippen MR) is 86.6 cm³/mol. The molecule has 0 aliphatic carbocycles. The molecule has 24 heavy (non-hydrogen) atoms. The molecule has 2 aromatic heterocycles. The number of amides is 1. The lowest BCUT2D eigenvalue weighted by Gasteiger charge is -2.23. The minimum Gasteiger partial charge on any atom is -0.386 e. The highest BCUT2D eigenvalue weighted by atomic mass is 16.5. The fourth-order valence-corrected chi connectivity index (χ4v) is 2.77. The minimum atomic E-state index is -0.997. The van der Waals surface area contributed by atoms with E-state index in [1.807, 2.05) is 11.8 Å². The van der Waals surface area contributed by atoms with E-state index in [1.165, 1.54) is 0 Å². The molecule has 2 aromatic rings. The third kappa shape index (κ3) is 3.70. The summed E-state index contributed by atoms with van der Waals surface area (Å²) >= 11 is 0. The first-order chi connectivity index (χ1) is 11.6.